The molecule has 0 bridgehead atoms. The van der Waals surface area contributed by atoms with Crippen molar-refractivity contribution in [2.75, 3.05) is 30.7 Å². The van der Waals surface area contributed by atoms with Crippen molar-refractivity contribution < 1.29 is 21.6 Å². The summed E-state index contributed by atoms with van der Waals surface area (Å²) >= 11 is 1.11. The van der Waals surface area contributed by atoms with Gasteiger partial charge in [0.2, 0.25) is 0 Å². The number of urea groups is 1. The Bertz CT molecular complexity index is 1090. The van der Waals surface area contributed by atoms with E-state index >= 15 is 0 Å². The van der Waals surface area contributed by atoms with Crippen molar-refractivity contribution in [3.05, 3.63) is 47.8 Å². The molecule has 3 heterocycles. The van der Waals surface area contributed by atoms with Gasteiger partial charge in [0.25, 0.3) is 10.0 Å². The molecule has 0 spiro atoms. The van der Waals surface area contributed by atoms with Crippen molar-refractivity contribution in [2.24, 2.45) is 0 Å². The average Bonchev–Trinajstić information content (AvgIpc) is 3.24. The lowest BCUT2D eigenvalue weighted by molar-refractivity contribution is 0.155. The zero-order valence-electron chi connectivity index (χ0n) is 15.5. The number of anilines is 1. The predicted octanol–water partition coefficient (Wildman–Crippen LogP) is 1.84. The maximum Gasteiger partial charge on any atom is 0.322 e. The molecule has 2 atom stereocenters. The van der Waals surface area contributed by atoms with Gasteiger partial charge in [0.05, 0.1) is 17.0 Å². The number of hydrogen-bond acceptors (Lipinski definition) is 6. The van der Waals surface area contributed by atoms with Gasteiger partial charge in [-0.1, -0.05) is 24.3 Å². The fraction of sp³-hybridized carbons (Fsp3) is 0.389. The highest BCUT2D eigenvalue weighted by Crippen LogP contribution is 2.31. The van der Waals surface area contributed by atoms with Gasteiger partial charge in [-0.15, -0.1) is 11.3 Å². The maximum atomic E-state index is 12.8. The summed E-state index contributed by atoms with van der Waals surface area (Å²) in [5, 5.41) is 3.54. The van der Waals surface area contributed by atoms with Gasteiger partial charge in [-0.2, -0.15) is 4.31 Å². The quantitative estimate of drug-likeness (QED) is 0.761. The minimum absolute atomic E-state index is 0.0971. The summed E-state index contributed by atoms with van der Waals surface area (Å²) in [4.78, 5) is 14.3. The van der Waals surface area contributed by atoms with E-state index in [1.54, 1.807) is 35.7 Å². The SMILES string of the molecule is O=C(Nc1ccccc1)N1CCS(=O)(=O)C2CN(S(=O)(=O)c3cccs3)CCC21. The fourth-order valence-corrected chi connectivity index (χ4v) is 8.50. The van der Waals surface area contributed by atoms with Crippen molar-refractivity contribution >= 4 is 42.9 Å². The highest BCUT2D eigenvalue weighted by Gasteiger charge is 2.48. The summed E-state index contributed by atoms with van der Waals surface area (Å²) in [7, 11) is -7.25. The normalized spacial score (nSPS) is 24.6. The number of thiophene rings is 1. The Labute approximate surface area is 174 Å². The number of para-hydroxylation sites is 1. The topological polar surface area (TPSA) is 104 Å². The average molecular weight is 456 g/mol. The van der Waals surface area contributed by atoms with Crippen LogP contribution in [0.2, 0.25) is 0 Å². The van der Waals surface area contributed by atoms with Gasteiger partial charge in [-0.25, -0.2) is 21.6 Å². The van der Waals surface area contributed by atoms with Gasteiger partial charge < -0.3 is 10.2 Å². The molecule has 2 aromatic rings. The number of carbonyl (C=O) groups is 1. The first-order chi connectivity index (χ1) is 13.8. The second-order valence-electron chi connectivity index (χ2n) is 7.05. The number of nitrogens with one attached hydrogen (secondary N) is 1. The third-order valence-corrected chi connectivity index (χ3v) is 10.7. The Morgan fingerprint density at radius 1 is 1.10 bits per heavy atom. The van der Waals surface area contributed by atoms with Crippen molar-refractivity contribution in [1.82, 2.24) is 9.21 Å². The lowest BCUT2D eigenvalue weighted by atomic mass is 10.0. The van der Waals surface area contributed by atoms with Gasteiger partial charge in [0.1, 0.15) is 4.21 Å². The first-order valence-electron chi connectivity index (χ1n) is 9.17. The molecule has 2 fully saturated rings. The molecule has 0 saturated carbocycles. The molecule has 1 aromatic carbocycles. The van der Waals surface area contributed by atoms with Crippen LogP contribution in [-0.2, 0) is 19.9 Å². The summed E-state index contributed by atoms with van der Waals surface area (Å²) in [5.74, 6) is -0.177. The van der Waals surface area contributed by atoms with E-state index in [-0.39, 0.29) is 42.0 Å². The minimum atomic E-state index is -3.74. The third kappa shape index (κ3) is 3.91. The van der Waals surface area contributed by atoms with E-state index < -0.39 is 31.2 Å². The molecule has 1 aromatic heterocycles. The predicted molar refractivity (Wildman–Crippen MR) is 111 cm³/mol. The number of benzene rings is 1. The van der Waals surface area contributed by atoms with E-state index in [0.717, 1.165) is 11.3 Å². The minimum Gasteiger partial charge on any atom is -0.319 e. The molecule has 0 radical (unpaired) electrons. The second kappa shape index (κ2) is 7.71. The summed E-state index contributed by atoms with van der Waals surface area (Å²) < 4.78 is 52.6. The standard InChI is InChI=1S/C18H21N3O5S3/c22-18(19-14-5-2-1-3-6-14)21-10-12-28(23,24)16-13-20(9-8-15(16)21)29(25,26)17-7-4-11-27-17/h1-7,11,15-16H,8-10,12-13H2,(H,19,22). The van der Waals surface area contributed by atoms with Gasteiger partial charge in [-0.3, -0.25) is 0 Å². The Balaban J connectivity index is 1.56. The first-order valence-corrected chi connectivity index (χ1v) is 13.2. The summed E-state index contributed by atoms with van der Waals surface area (Å²) in [6.07, 6.45) is 0.275. The van der Waals surface area contributed by atoms with Crippen molar-refractivity contribution in [1.29, 1.82) is 0 Å². The second-order valence-corrected chi connectivity index (χ2v) is 12.5. The molecule has 156 valence electrons. The van der Waals surface area contributed by atoms with E-state index in [9.17, 15) is 21.6 Å². The summed E-state index contributed by atoms with van der Waals surface area (Å²) in [6, 6.07) is 11.2. The Kier molecular flexibility index (Phi) is 5.40. The number of carbonyl (C=O) groups excluding carboxylic acids is 1. The lowest BCUT2D eigenvalue weighted by Crippen LogP contribution is -2.64. The van der Waals surface area contributed by atoms with Crippen LogP contribution in [0.15, 0.2) is 52.1 Å². The molecule has 0 aliphatic carbocycles. The van der Waals surface area contributed by atoms with Gasteiger partial charge in [-0.05, 0) is 30.0 Å². The van der Waals surface area contributed by atoms with E-state index in [1.807, 2.05) is 6.07 Å². The number of piperidine rings is 1. The zero-order chi connectivity index (χ0) is 20.6. The summed E-state index contributed by atoms with van der Waals surface area (Å²) in [5.41, 5.74) is 0.625. The van der Waals surface area contributed by atoms with Crippen molar-refractivity contribution in [3.8, 4) is 0 Å². The van der Waals surface area contributed by atoms with Crippen LogP contribution >= 0.6 is 11.3 Å². The number of hydrogen-bond donors (Lipinski definition) is 1. The van der Waals surface area contributed by atoms with Crippen molar-refractivity contribution in [2.45, 2.75) is 21.9 Å². The molecular formula is C18H21N3O5S3. The van der Waals surface area contributed by atoms with E-state index in [4.69, 9.17) is 0 Å². The van der Waals surface area contributed by atoms with Crippen LogP contribution in [0.25, 0.3) is 0 Å². The molecule has 1 N–H and O–H groups in total. The van der Waals surface area contributed by atoms with Crippen LogP contribution in [0.1, 0.15) is 6.42 Å². The molecular weight excluding hydrogens is 434 g/mol. The highest BCUT2D eigenvalue weighted by molar-refractivity contribution is 7.92. The molecule has 8 nitrogen and oxygen atoms in total. The highest BCUT2D eigenvalue weighted by atomic mass is 32.2. The van der Waals surface area contributed by atoms with E-state index in [1.165, 1.54) is 15.3 Å². The number of rotatable bonds is 3. The lowest BCUT2D eigenvalue weighted by Gasteiger charge is -2.45. The molecule has 11 heteroatoms. The van der Waals surface area contributed by atoms with Crippen LogP contribution in [0.5, 0.6) is 0 Å². The van der Waals surface area contributed by atoms with E-state index in [2.05, 4.69) is 5.32 Å². The number of sulfone groups is 1. The number of nitrogens with zero attached hydrogens (tertiary/aromatic N) is 2. The molecule has 2 amide bonds. The molecule has 29 heavy (non-hydrogen) atoms. The van der Waals surface area contributed by atoms with Crippen LogP contribution in [0.3, 0.4) is 0 Å². The first kappa shape index (κ1) is 20.3. The maximum absolute atomic E-state index is 12.8. The van der Waals surface area contributed by atoms with Crippen LogP contribution < -0.4 is 5.32 Å². The summed E-state index contributed by atoms with van der Waals surface area (Å²) in [6.45, 7) is 0.133. The van der Waals surface area contributed by atoms with Crippen LogP contribution in [0, 0.1) is 0 Å². The van der Waals surface area contributed by atoms with Crippen LogP contribution in [-0.4, -0.2) is 68.8 Å². The Morgan fingerprint density at radius 3 is 2.55 bits per heavy atom. The van der Waals surface area contributed by atoms with Crippen LogP contribution in [0.4, 0.5) is 10.5 Å². The molecule has 4 rings (SSSR count). The Morgan fingerprint density at radius 2 is 1.86 bits per heavy atom. The third-order valence-electron chi connectivity index (χ3n) is 5.34. The zero-order valence-corrected chi connectivity index (χ0v) is 17.9. The molecule has 2 unspecified atom stereocenters. The number of sulfonamides is 1. The molecule has 2 aliphatic heterocycles. The fourth-order valence-electron chi connectivity index (χ4n) is 3.85. The smallest absolute Gasteiger partial charge is 0.319 e. The monoisotopic (exact) mass is 455 g/mol. The largest absolute Gasteiger partial charge is 0.322 e. The van der Waals surface area contributed by atoms with Gasteiger partial charge in [0, 0.05) is 25.3 Å². The molecule has 2 saturated heterocycles. The van der Waals surface area contributed by atoms with Crippen molar-refractivity contribution in [3.63, 3.8) is 0 Å². The van der Waals surface area contributed by atoms with Gasteiger partial charge in [0.15, 0.2) is 9.84 Å². The number of fused-ring (bicyclic) bond motifs is 1. The molecule has 2 aliphatic rings. The van der Waals surface area contributed by atoms with E-state index in [0.29, 0.717) is 5.69 Å². The Hall–Kier alpha value is -1.95. The van der Waals surface area contributed by atoms with Gasteiger partial charge >= 0.3 is 6.03 Å². The number of amides is 2.